The minimum atomic E-state index is -3.85. The number of carbonyl (C=O) groups excluding carboxylic acids is 1. The summed E-state index contributed by atoms with van der Waals surface area (Å²) < 4.78 is 37.7. The van der Waals surface area contributed by atoms with Crippen LogP contribution >= 0.6 is 0 Å². The number of carbonyl (C=O) groups is 1. The Morgan fingerprint density at radius 1 is 1.03 bits per heavy atom. The molecule has 1 N–H and O–H groups in total. The van der Waals surface area contributed by atoms with Crippen molar-refractivity contribution in [3.05, 3.63) is 74.6 Å². The second-order valence-electron chi connectivity index (χ2n) is 8.18. The molecule has 0 unspecified atom stereocenters. The number of aryl methyl sites for hydroxylation is 3. The number of sulfonamides is 1. The summed E-state index contributed by atoms with van der Waals surface area (Å²) in [7, 11) is -3.85. The van der Waals surface area contributed by atoms with E-state index < -0.39 is 28.2 Å². The molecule has 3 rings (SSSR count). The van der Waals surface area contributed by atoms with Crippen LogP contribution in [0.1, 0.15) is 47.6 Å². The molecule has 2 aromatic carbocycles. The number of esters is 1. The maximum Gasteiger partial charge on any atom is 0.336 e. The Morgan fingerprint density at radius 3 is 2.41 bits per heavy atom. The van der Waals surface area contributed by atoms with Gasteiger partial charge in [0.15, 0.2) is 0 Å². The largest absolute Gasteiger partial charge is 0.460 e. The van der Waals surface area contributed by atoms with E-state index in [-0.39, 0.29) is 17.4 Å². The van der Waals surface area contributed by atoms with Crippen LogP contribution in [0.25, 0.3) is 11.0 Å². The lowest BCUT2D eigenvalue weighted by Gasteiger charge is -2.13. The van der Waals surface area contributed by atoms with Gasteiger partial charge in [-0.3, -0.25) is 4.79 Å². The molecule has 0 aliphatic carbocycles. The molecule has 0 radical (unpaired) electrons. The minimum absolute atomic E-state index is 0.0802. The molecule has 3 aromatic rings. The van der Waals surface area contributed by atoms with Crippen LogP contribution < -0.4 is 10.3 Å². The van der Waals surface area contributed by atoms with Crippen LogP contribution in [0.5, 0.6) is 0 Å². The highest BCUT2D eigenvalue weighted by Crippen LogP contribution is 2.27. The maximum atomic E-state index is 12.5. The molecule has 0 fully saturated rings. The smallest absolute Gasteiger partial charge is 0.336 e. The van der Waals surface area contributed by atoms with E-state index in [4.69, 9.17) is 9.15 Å². The van der Waals surface area contributed by atoms with Gasteiger partial charge in [-0.05, 0) is 73.2 Å². The van der Waals surface area contributed by atoms with Gasteiger partial charge in [0.05, 0.1) is 4.90 Å². The summed E-state index contributed by atoms with van der Waals surface area (Å²) >= 11 is 0. The van der Waals surface area contributed by atoms with Gasteiger partial charge >= 0.3 is 11.6 Å². The standard InChI is InChI=1S/C24H27NO6S/c1-14(2)20-11-21-18(10-23(26)31-22(21)9-17(20)5)13-30-24(27)12-25-32(28,29)19-7-6-15(3)16(4)8-19/h6-11,14,25H,12-13H2,1-5H3. The SMILES string of the molecule is Cc1ccc(S(=O)(=O)NCC(=O)OCc2cc(=O)oc3cc(C)c(C(C)C)cc23)cc1C. The van der Waals surface area contributed by atoms with E-state index in [0.717, 1.165) is 22.3 Å². The summed E-state index contributed by atoms with van der Waals surface area (Å²) in [5.41, 5.74) is 4.28. The molecule has 0 aliphatic heterocycles. The Hall–Kier alpha value is -2.97. The van der Waals surface area contributed by atoms with Crippen molar-refractivity contribution < 1.29 is 22.4 Å². The second-order valence-corrected chi connectivity index (χ2v) is 9.95. The van der Waals surface area contributed by atoms with Crippen molar-refractivity contribution in [2.24, 2.45) is 0 Å². The van der Waals surface area contributed by atoms with Crippen molar-refractivity contribution in [3.63, 3.8) is 0 Å². The van der Waals surface area contributed by atoms with E-state index in [1.165, 1.54) is 12.1 Å². The van der Waals surface area contributed by atoms with Gasteiger partial charge in [-0.1, -0.05) is 19.9 Å². The Kier molecular flexibility index (Phi) is 6.85. The lowest BCUT2D eigenvalue weighted by molar-refractivity contribution is -0.143. The zero-order valence-electron chi connectivity index (χ0n) is 18.8. The predicted octanol–water partition coefficient (Wildman–Crippen LogP) is 3.86. The third-order valence-corrected chi connectivity index (χ3v) is 6.82. The van der Waals surface area contributed by atoms with Crippen LogP contribution in [0, 0.1) is 20.8 Å². The van der Waals surface area contributed by atoms with Gasteiger partial charge in [0.1, 0.15) is 18.7 Å². The molecule has 1 heterocycles. The quantitative estimate of drug-likeness (QED) is 0.427. The van der Waals surface area contributed by atoms with Crippen LogP contribution in [0.3, 0.4) is 0 Å². The summed E-state index contributed by atoms with van der Waals surface area (Å²) in [6.07, 6.45) is 0. The summed E-state index contributed by atoms with van der Waals surface area (Å²) in [5.74, 6) is -0.489. The fourth-order valence-corrected chi connectivity index (χ4v) is 4.51. The first kappa shape index (κ1) is 23.7. The van der Waals surface area contributed by atoms with E-state index in [1.54, 1.807) is 18.2 Å². The molecule has 7 nitrogen and oxygen atoms in total. The van der Waals surface area contributed by atoms with Crippen molar-refractivity contribution in [1.29, 1.82) is 0 Å². The molecule has 0 saturated carbocycles. The summed E-state index contributed by atoms with van der Waals surface area (Å²) in [4.78, 5) is 24.2. The maximum absolute atomic E-state index is 12.5. The van der Waals surface area contributed by atoms with Crippen LogP contribution in [0.15, 0.2) is 50.5 Å². The van der Waals surface area contributed by atoms with Gasteiger partial charge in [-0.25, -0.2) is 13.2 Å². The molecule has 0 atom stereocenters. The number of rotatable bonds is 7. The number of fused-ring (bicyclic) bond motifs is 1. The second kappa shape index (κ2) is 9.26. The van der Waals surface area contributed by atoms with E-state index in [9.17, 15) is 18.0 Å². The number of hydrogen-bond acceptors (Lipinski definition) is 6. The molecule has 0 saturated heterocycles. The van der Waals surface area contributed by atoms with Crippen molar-refractivity contribution in [2.45, 2.75) is 52.0 Å². The van der Waals surface area contributed by atoms with Gasteiger partial charge in [0.2, 0.25) is 10.0 Å². The number of ether oxygens (including phenoxy) is 1. The number of benzene rings is 2. The highest BCUT2D eigenvalue weighted by Gasteiger charge is 2.18. The zero-order chi connectivity index (χ0) is 23.6. The van der Waals surface area contributed by atoms with Crippen LogP contribution in [0.2, 0.25) is 0 Å². The molecular formula is C24H27NO6S. The molecule has 0 bridgehead atoms. The molecule has 0 amide bonds. The van der Waals surface area contributed by atoms with Crippen LogP contribution in [-0.4, -0.2) is 20.9 Å². The normalized spacial score (nSPS) is 11.8. The molecule has 8 heteroatoms. The molecule has 1 aromatic heterocycles. The molecule has 170 valence electrons. The van der Waals surface area contributed by atoms with Gasteiger partial charge < -0.3 is 9.15 Å². The Balaban J connectivity index is 1.73. The lowest BCUT2D eigenvalue weighted by atomic mass is 9.95. The fourth-order valence-electron chi connectivity index (χ4n) is 3.46. The van der Waals surface area contributed by atoms with Gasteiger partial charge in [-0.2, -0.15) is 4.72 Å². The average molecular weight is 458 g/mol. The minimum Gasteiger partial charge on any atom is -0.460 e. The van der Waals surface area contributed by atoms with Gasteiger partial charge in [-0.15, -0.1) is 0 Å². The fraction of sp³-hybridized carbons (Fsp3) is 0.333. The average Bonchev–Trinajstić information content (AvgIpc) is 2.71. The van der Waals surface area contributed by atoms with E-state index in [1.807, 2.05) is 26.8 Å². The van der Waals surface area contributed by atoms with E-state index in [2.05, 4.69) is 18.6 Å². The highest BCUT2D eigenvalue weighted by atomic mass is 32.2. The summed E-state index contributed by atoms with van der Waals surface area (Å²) in [6.45, 7) is 9.08. The van der Waals surface area contributed by atoms with Crippen molar-refractivity contribution in [3.8, 4) is 0 Å². The lowest BCUT2D eigenvalue weighted by Crippen LogP contribution is -2.30. The van der Waals surface area contributed by atoms with Crippen molar-refractivity contribution in [2.75, 3.05) is 6.54 Å². The molecule has 0 spiro atoms. The molecule has 32 heavy (non-hydrogen) atoms. The van der Waals surface area contributed by atoms with E-state index in [0.29, 0.717) is 16.5 Å². The molecular weight excluding hydrogens is 430 g/mol. The Labute approximate surface area is 187 Å². The van der Waals surface area contributed by atoms with Crippen molar-refractivity contribution in [1.82, 2.24) is 4.72 Å². The summed E-state index contributed by atoms with van der Waals surface area (Å²) in [5, 5.41) is 0.683. The third-order valence-electron chi connectivity index (χ3n) is 5.42. The first-order chi connectivity index (χ1) is 15.0. The number of nitrogens with one attached hydrogen (secondary N) is 1. The summed E-state index contributed by atoms with van der Waals surface area (Å²) in [6, 6.07) is 9.76. The van der Waals surface area contributed by atoms with Gasteiger partial charge in [0.25, 0.3) is 0 Å². The van der Waals surface area contributed by atoms with Crippen LogP contribution in [-0.2, 0) is 26.2 Å². The van der Waals surface area contributed by atoms with Crippen LogP contribution in [0.4, 0.5) is 0 Å². The highest BCUT2D eigenvalue weighted by molar-refractivity contribution is 7.89. The predicted molar refractivity (Wildman–Crippen MR) is 122 cm³/mol. The first-order valence-electron chi connectivity index (χ1n) is 10.3. The van der Waals surface area contributed by atoms with E-state index >= 15 is 0 Å². The monoisotopic (exact) mass is 457 g/mol. The van der Waals surface area contributed by atoms with Gasteiger partial charge in [0, 0.05) is 17.0 Å². The Bertz CT molecular complexity index is 1340. The van der Waals surface area contributed by atoms with Crippen molar-refractivity contribution >= 4 is 27.0 Å². The third kappa shape index (κ3) is 5.26. The zero-order valence-corrected chi connectivity index (χ0v) is 19.6. The number of hydrogen-bond donors (Lipinski definition) is 1. The Morgan fingerprint density at radius 2 is 1.75 bits per heavy atom. The molecule has 0 aliphatic rings. The topological polar surface area (TPSA) is 103 Å². The first-order valence-corrected chi connectivity index (χ1v) is 11.8.